The molecule has 0 saturated heterocycles. The minimum atomic E-state index is -5.15. The second kappa shape index (κ2) is 7.93. The average Bonchev–Trinajstić information content (AvgIpc) is 2.65. The van der Waals surface area contributed by atoms with Crippen LogP contribution in [-0.4, -0.2) is 39.6 Å². The highest BCUT2D eigenvalue weighted by Crippen LogP contribution is 2.48. The zero-order valence-electron chi connectivity index (χ0n) is 15.6. The molecule has 1 atom stereocenters. The van der Waals surface area contributed by atoms with Crippen LogP contribution in [0.2, 0.25) is 5.02 Å². The summed E-state index contributed by atoms with van der Waals surface area (Å²) in [6.07, 6.45) is -6.83. The summed E-state index contributed by atoms with van der Waals surface area (Å²) in [4.78, 5) is 23.8. The Hall–Kier alpha value is -2.99. The van der Waals surface area contributed by atoms with Crippen LogP contribution in [0.25, 0.3) is 0 Å². The number of fused-ring (bicyclic) bond motifs is 1. The quantitative estimate of drug-likeness (QED) is 0.677. The Bertz CT molecular complexity index is 1140. The molecule has 0 aliphatic carbocycles. The molecule has 31 heavy (non-hydrogen) atoms. The van der Waals surface area contributed by atoms with Crippen molar-refractivity contribution in [2.24, 2.45) is 0 Å². The summed E-state index contributed by atoms with van der Waals surface area (Å²) in [5.74, 6) is 0. The van der Waals surface area contributed by atoms with E-state index < -0.39 is 46.0 Å². The predicted molar refractivity (Wildman–Crippen MR) is 104 cm³/mol. The topological polar surface area (TPSA) is 111 Å². The number of benzene rings is 2. The highest BCUT2D eigenvalue weighted by Gasteiger charge is 2.63. The SMILES string of the molecule is CS(=O)(=O)c1ccc(NC(=O)OCC2(C(F)(F)F)OC(=O)Nc3ccc(Cl)cc32)cc1. The van der Waals surface area contributed by atoms with Gasteiger partial charge >= 0.3 is 18.4 Å². The van der Waals surface area contributed by atoms with E-state index in [0.29, 0.717) is 0 Å². The molecule has 13 heteroatoms. The van der Waals surface area contributed by atoms with E-state index in [1.165, 1.54) is 36.4 Å². The number of hydrogen-bond donors (Lipinski definition) is 2. The Kier molecular flexibility index (Phi) is 5.80. The van der Waals surface area contributed by atoms with Gasteiger partial charge in [-0.3, -0.25) is 10.6 Å². The fourth-order valence-corrected chi connectivity index (χ4v) is 3.62. The van der Waals surface area contributed by atoms with E-state index in [4.69, 9.17) is 16.3 Å². The molecular formula is C18H14ClF3N2O6S. The second-order valence-corrected chi connectivity index (χ2v) is 8.98. The van der Waals surface area contributed by atoms with Crippen LogP contribution in [0.15, 0.2) is 47.4 Å². The van der Waals surface area contributed by atoms with E-state index in [0.717, 1.165) is 12.3 Å². The van der Waals surface area contributed by atoms with Gasteiger partial charge in [-0.25, -0.2) is 18.0 Å². The highest BCUT2D eigenvalue weighted by atomic mass is 35.5. The lowest BCUT2D eigenvalue weighted by atomic mass is 9.90. The minimum Gasteiger partial charge on any atom is -0.444 e. The number of halogens is 4. The number of rotatable bonds is 4. The monoisotopic (exact) mass is 478 g/mol. The first-order valence-electron chi connectivity index (χ1n) is 8.42. The number of amides is 2. The van der Waals surface area contributed by atoms with Crippen molar-refractivity contribution in [2.45, 2.75) is 16.7 Å². The van der Waals surface area contributed by atoms with E-state index in [9.17, 15) is 31.2 Å². The van der Waals surface area contributed by atoms with Gasteiger partial charge < -0.3 is 9.47 Å². The van der Waals surface area contributed by atoms with E-state index in [-0.39, 0.29) is 21.3 Å². The van der Waals surface area contributed by atoms with Crippen LogP contribution in [0, 0.1) is 0 Å². The first-order chi connectivity index (χ1) is 14.3. The minimum absolute atomic E-state index is 0.0162. The maximum Gasteiger partial charge on any atom is 0.436 e. The van der Waals surface area contributed by atoms with Crippen molar-refractivity contribution in [2.75, 3.05) is 23.5 Å². The lowest BCUT2D eigenvalue weighted by Gasteiger charge is -2.38. The Morgan fingerprint density at radius 1 is 1.23 bits per heavy atom. The number of carbonyl (C=O) groups excluding carboxylic acids is 2. The third kappa shape index (κ3) is 4.69. The fraction of sp³-hybridized carbons (Fsp3) is 0.222. The van der Waals surface area contributed by atoms with Gasteiger partial charge in [0.05, 0.1) is 10.6 Å². The first-order valence-corrected chi connectivity index (χ1v) is 10.7. The molecule has 1 unspecified atom stereocenters. The van der Waals surface area contributed by atoms with Gasteiger partial charge in [0.15, 0.2) is 9.84 Å². The van der Waals surface area contributed by atoms with E-state index >= 15 is 0 Å². The number of alkyl halides is 3. The molecule has 2 aromatic carbocycles. The van der Waals surface area contributed by atoms with Crippen molar-refractivity contribution >= 4 is 45.0 Å². The summed E-state index contributed by atoms with van der Waals surface area (Å²) >= 11 is 5.81. The van der Waals surface area contributed by atoms with Gasteiger partial charge in [-0.2, -0.15) is 13.2 Å². The molecule has 2 amide bonds. The van der Waals surface area contributed by atoms with Crippen LogP contribution < -0.4 is 10.6 Å². The molecular weight excluding hydrogens is 465 g/mol. The normalized spacial score (nSPS) is 18.4. The number of sulfone groups is 1. The number of cyclic esters (lactones) is 1. The highest BCUT2D eigenvalue weighted by molar-refractivity contribution is 7.90. The lowest BCUT2D eigenvalue weighted by molar-refractivity contribution is -0.274. The van der Waals surface area contributed by atoms with Gasteiger partial charge in [-0.15, -0.1) is 0 Å². The zero-order chi connectivity index (χ0) is 23.0. The average molecular weight is 479 g/mol. The van der Waals surface area contributed by atoms with Gasteiger partial charge in [-0.05, 0) is 42.5 Å². The van der Waals surface area contributed by atoms with Gasteiger partial charge in [-0.1, -0.05) is 11.6 Å². The number of carbonyl (C=O) groups is 2. The van der Waals surface area contributed by atoms with Crippen molar-refractivity contribution in [3.8, 4) is 0 Å². The third-order valence-corrected chi connectivity index (χ3v) is 5.68. The molecule has 2 N–H and O–H groups in total. The summed E-state index contributed by atoms with van der Waals surface area (Å²) in [6.45, 7) is -1.38. The molecule has 0 radical (unpaired) electrons. The summed E-state index contributed by atoms with van der Waals surface area (Å²) in [5, 5.41) is 4.25. The summed E-state index contributed by atoms with van der Waals surface area (Å²) in [5.41, 5.74) is -3.94. The largest absolute Gasteiger partial charge is 0.444 e. The van der Waals surface area contributed by atoms with Crippen LogP contribution in [0.1, 0.15) is 5.56 Å². The molecule has 0 spiro atoms. The Balaban J connectivity index is 1.83. The maximum absolute atomic E-state index is 14.0. The third-order valence-electron chi connectivity index (χ3n) is 4.31. The van der Waals surface area contributed by atoms with E-state index in [2.05, 4.69) is 15.4 Å². The molecule has 0 fully saturated rings. The Morgan fingerprint density at radius 2 is 1.87 bits per heavy atom. The predicted octanol–water partition coefficient (Wildman–Crippen LogP) is 4.31. The van der Waals surface area contributed by atoms with Crippen LogP contribution in [0.5, 0.6) is 0 Å². The number of ether oxygens (including phenoxy) is 2. The Morgan fingerprint density at radius 3 is 2.45 bits per heavy atom. The van der Waals surface area contributed by atoms with Crippen LogP contribution >= 0.6 is 11.6 Å². The first kappa shape index (κ1) is 22.7. The maximum atomic E-state index is 14.0. The molecule has 1 aliphatic heterocycles. The van der Waals surface area contributed by atoms with Crippen molar-refractivity contribution in [1.29, 1.82) is 0 Å². The van der Waals surface area contributed by atoms with Crippen molar-refractivity contribution in [3.05, 3.63) is 53.1 Å². The molecule has 166 valence electrons. The standard InChI is InChI=1S/C18H14ClF3N2O6S/c1-31(27,28)12-5-3-11(4-6-12)23-15(25)29-9-17(18(20,21)22)13-8-10(19)2-7-14(13)24-16(26)30-17/h2-8H,9H2,1H3,(H,23,25)(H,24,26). The number of anilines is 2. The molecule has 0 saturated carbocycles. The second-order valence-electron chi connectivity index (χ2n) is 6.53. The smallest absolute Gasteiger partial charge is 0.436 e. The zero-order valence-corrected chi connectivity index (χ0v) is 17.2. The molecule has 1 heterocycles. The van der Waals surface area contributed by atoms with Gasteiger partial charge in [0.1, 0.15) is 6.61 Å². The van der Waals surface area contributed by atoms with E-state index in [1.54, 1.807) is 0 Å². The van der Waals surface area contributed by atoms with Crippen LogP contribution in [-0.2, 0) is 24.9 Å². The fourth-order valence-electron chi connectivity index (χ4n) is 2.81. The Labute approximate surface area is 179 Å². The summed E-state index contributed by atoms with van der Waals surface area (Å²) < 4.78 is 74.2. The van der Waals surface area contributed by atoms with Crippen LogP contribution in [0.3, 0.4) is 0 Å². The van der Waals surface area contributed by atoms with Gasteiger partial charge in [0.25, 0.3) is 5.60 Å². The summed E-state index contributed by atoms with van der Waals surface area (Å²) in [7, 11) is -3.47. The van der Waals surface area contributed by atoms with Gasteiger partial charge in [0.2, 0.25) is 0 Å². The number of hydrogen-bond acceptors (Lipinski definition) is 6. The molecule has 8 nitrogen and oxygen atoms in total. The summed E-state index contributed by atoms with van der Waals surface area (Å²) in [6, 6.07) is 8.27. The van der Waals surface area contributed by atoms with Crippen LogP contribution in [0.4, 0.5) is 34.1 Å². The van der Waals surface area contributed by atoms with Crippen molar-refractivity contribution in [3.63, 3.8) is 0 Å². The van der Waals surface area contributed by atoms with Crippen molar-refractivity contribution < 1.29 is 40.7 Å². The molecule has 3 rings (SSSR count). The number of nitrogens with one attached hydrogen (secondary N) is 2. The van der Waals surface area contributed by atoms with Crippen molar-refractivity contribution in [1.82, 2.24) is 0 Å². The molecule has 0 bridgehead atoms. The molecule has 0 aromatic heterocycles. The lowest BCUT2D eigenvalue weighted by Crippen LogP contribution is -2.53. The van der Waals surface area contributed by atoms with Gasteiger partial charge in [0, 0.05) is 22.5 Å². The molecule has 1 aliphatic rings. The molecule has 2 aromatic rings. The van der Waals surface area contributed by atoms with E-state index in [1.807, 2.05) is 0 Å².